The van der Waals surface area contributed by atoms with Gasteiger partial charge in [0.2, 0.25) is 23.6 Å². The maximum absolute atomic E-state index is 12.6. The average Bonchev–Trinajstić information content (AvgIpc) is 2.62. The Kier molecular flexibility index (Phi) is 11.8. The lowest BCUT2D eigenvalue weighted by atomic mass is 10.0. The fourth-order valence-electron chi connectivity index (χ4n) is 2.49. The Balaban J connectivity index is 5.43. The zero-order valence-electron chi connectivity index (χ0n) is 17.7. The first kappa shape index (κ1) is 27.8. The van der Waals surface area contributed by atoms with Crippen LogP contribution in [0.2, 0.25) is 0 Å². The highest BCUT2D eigenvalue weighted by atomic mass is 16.4. The number of aliphatic carboxylic acids is 2. The molecule has 0 aliphatic heterocycles. The largest absolute Gasteiger partial charge is 0.481 e. The van der Waals surface area contributed by atoms with Crippen LogP contribution in [0.25, 0.3) is 0 Å². The Morgan fingerprint density at radius 1 is 0.839 bits per heavy atom. The van der Waals surface area contributed by atoms with Crippen LogP contribution in [0.3, 0.4) is 0 Å². The summed E-state index contributed by atoms with van der Waals surface area (Å²) in [6.07, 6.45) is -1.10. The molecule has 13 nitrogen and oxygen atoms in total. The molecule has 0 heterocycles. The van der Waals surface area contributed by atoms with Gasteiger partial charge in [-0.25, -0.2) is 0 Å². The van der Waals surface area contributed by atoms with Gasteiger partial charge in [-0.05, 0) is 25.7 Å². The quantitative estimate of drug-likeness (QED) is 0.151. The molecule has 0 aromatic rings. The van der Waals surface area contributed by atoms with Crippen molar-refractivity contribution >= 4 is 35.6 Å². The molecule has 31 heavy (non-hydrogen) atoms. The van der Waals surface area contributed by atoms with Gasteiger partial charge in [0.15, 0.2) is 0 Å². The highest BCUT2D eigenvalue weighted by Crippen LogP contribution is 2.06. The summed E-state index contributed by atoms with van der Waals surface area (Å²) < 4.78 is 0. The molecule has 0 spiro atoms. The van der Waals surface area contributed by atoms with Gasteiger partial charge in [-0.15, -0.1) is 0 Å². The highest BCUT2D eigenvalue weighted by Gasteiger charge is 2.30. The number of carboxylic acid groups (broad SMARTS) is 2. The molecule has 0 radical (unpaired) electrons. The number of amides is 4. The standard InChI is InChI=1S/C18H31N5O8/c1-8(2)6-10(19)15(27)22-11(4-5-14(25)26)16(28)23-12(7-13(20)24)17(29)21-9(3)18(30)31/h8-12H,4-7,19H2,1-3H3,(H2,20,24)(H,21,29)(H,22,27)(H,23,28)(H,25,26)(H,30,31). The normalized spacial score (nSPS) is 14.6. The molecule has 13 heteroatoms. The molecule has 4 unspecified atom stereocenters. The van der Waals surface area contributed by atoms with E-state index < -0.39 is 72.6 Å². The minimum atomic E-state index is -1.53. The monoisotopic (exact) mass is 445 g/mol. The number of nitrogens with one attached hydrogen (secondary N) is 3. The molecule has 0 aliphatic carbocycles. The number of hydrogen-bond donors (Lipinski definition) is 7. The second-order valence-corrected chi connectivity index (χ2v) is 7.53. The second kappa shape index (κ2) is 13.2. The predicted molar refractivity (Wildman–Crippen MR) is 107 cm³/mol. The minimum Gasteiger partial charge on any atom is -0.481 e. The fraction of sp³-hybridized carbons (Fsp3) is 0.667. The fourth-order valence-corrected chi connectivity index (χ4v) is 2.49. The summed E-state index contributed by atoms with van der Waals surface area (Å²) in [5.74, 6) is -6.05. The van der Waals surface area contributed by atoms with Crippen LogP contribution in [0.15, 0.2) is 0 Å². The topological polar surface area (TPSA) is 231 Å². The number of rotatable bonds is 14. The third kappa shape index (κ3) is 11.5. The summed E-state index contributed by atoms with van der Waals surface area (Å²) in [6.45, 7) is 4.86. The molecule has 4 amide bonds. The Bertz CT molecular complexity index is 696. The predicted octanol–water partition coefficient (Wildman–Crippen LogP) is -2.34. The first-order valence-corrected chi connectivity index (χ1v) is 9.64. The Hall–Kier alpha value is -3.22. The van der Waals surface area contributed by atoms with E-state index in [1.54, 1.807) is 0 Å². The maximum Gasteiger partial charge on any atom is 0.325 e. The van der Waals surface area contributed by atoms with Gasteiger partial charge < -0.3 is 37.6 Å². The van der Waals surface area contributed by atoms with Gasteiger partial charge in [0, 0.05) is 6.42 Å². The SMILES string of the molecule is CC(C)CC(N)C(=O)NC(CCC(=O)O)C(=O)NC(CC(N)=O)C(=O)NC(C)C(=O)O. The molecule has 0 rings (SSSR count). The van der Waals surface area contributed by atoms with Crippen molar-refractivity contribution in [3.8, 4) is 0 Å². The van der Waals surface area contributed by atoms with Crippen molar-refractivity contribution in [1.29, 1.82) is 0 Å². The van der Waals surface area contributed by atoms with E-state index in [-0.39, 0.29) is 12.3 Å². The summed E-state index contributed by atoms with van der Waals surface area (Å²) in [5, 5.41) is 24.4. The van der Waals surface area contributed by atoms with Crippen LogP contribution >= 0.6 is 0 Å². The molecule has 9 N–H and O–H groups in total. The molecule has 0 aromatic heterocycles. The summed E-state index contributed by atoms with van der Waals surface area (Å²) in [5.41, 5.74) is 10.9. The smallest absolute Gasteiger partial charge is 0.325 e. The van der Waals surface area contributed by atoms with Crippen LogP contribution in [-0.4, -0.2) is 69.9 Å². The van der Waals surface area contributed by atoms with Gasteiger partial charge in [-0.2, -0.15) is 0 Å². The first-order chi connectivity index (χ1) is 14.2. The van der Waals surface area contributed by atoms with Crippen LogP contribution in [0.5, 0.6) is 0 Å². The van der Waals surface area contributed by atoms with E-state index in [0.717, 1.165) is 0 Å². The van der Waals surface area contributed by atoms with Crippen molar-refractivity contribution in [3.05, 3.63) is 0 Å². The lowest BCUT2D eigenvalue weighted by Crippen LogP contribution is -2.57. The number of carbonyl (C=O) groups excluding carboxylic acids is 4. The maximum atomic E-state index is 12.6. The molecule has 0 saturated heterocycles. The van der Waals surface area contributed by atoms with E-state index in [1.165, 1.54) is 6.92 Å². The summed E-state index contributed by atoms with van der Waals surface area (Å²) >= 11 is 0. The lowest BCUT2D eigenvalue weighted by molar-refractivity contribution is -0.142. The van der Waals surface area contributed by atoms with Crippen molar-refractivity contribution in [1.82, 2.24) is 16.0 Å². The van der Waals surface area contributed by atoms with E-state index in [9.17, 15) is 28.8 Å². The molecule has 0 aromatic carbocycles. The highest BCUT2D eigenvalue weighted by molar-refractivity contribution is 5.96. The van der Waals surface area contributed by atoms with Crippen molar-refractivity contribution in [2.45, 2.75) is 70.6 Å². The molecule has 4 atom stereocenters. The molecule has 0 aliphatic rings. The second-order valence-electron chi connectivity index (χ2n) is 7.53. The van der Waals surface area contributed by atoms with E-state index in [1.807, 2.05) is 13.8 Å². The number of hydrogen-bond acceptors (Lipinski definition) is 7. The zero-order chi connectivity index (χ0) is 24.3. The van der Waals surface area contributed by atoms with Gasteiger partial charge in [0.25, 0.3) is 0 Å². The third-order valence-electron chi connectivity index (χ3n) is 4.11. The van der Waals surface area contributed by atoms with Crippen LogP contribution in [-0.2, 0) is 28.8 Å². The van der Waals surface area contributed by atoms with Crippen LogP contribution in [0, 0.1) is 5.92 Å². The van der Waals surface area contributed by atoms with Crippen LogP contribution in [0.1, 0.15) is 46.5 Å². The van der Waals surface area contributed by atoms with E-state index in [4.69, 9.17) is 21.7 Å². The number of carbonyl (C=O) groups is 6. The summed E-state index contributed by atoms with van der Waals surface area (Å²) in [7, 11) is 0. The molecule has 176 valence electrons. The van der Waals surface area contributed by atoms with E-state index >= 15 is 0 Å². The summed E-state index contributed by atoms with van der Waals surface area (Å²) in [4.78, 5) is 70.3. The van der Waals surface area contributed by atoms with Crippen molar-refractivity contribution < 1.29 is 39.0 Å². The number of nitrogens with two attached hydrogens (primary N) is 2. The van der Waals surface area contributed by atoms with Gasteiger partial charge in [0.05, 0.1) is 12.5 Å². The average molecular weight is 445 g/mol. The van der Waals surface area contributed by atoms with Crippen LogP contribution in [0.4, 0.5) is 0 Å². The van der Waals surface area contributed by atoms with E-state index in [0.29, 0.717) is 6.42 Å². The lowest BCUT2D eigenvalue weighted by Gasteiger charge is -2.24. The van der Waals surface area contributed by atoms with Gasteiger partial charge in [-0.3, -0.25) is 28.8 Å². The van der Waals surface area contributed by atoms with Crippen molar-refractivity contribution in [2.75, 3.05) is 0 Å². The third-order valence-corrected chi connectivity index (χ3v) is 4.11. The van der Waals surface area contributed by atoms with Gasteiger partial charge >= 0.3 is 11.9 Å². The Morgan fingerprint density at radius 2 is 1.35 bits per heavy atom. The van der Waals surface area contributed by atoms with Gasteiger partial charge in [-0.1, -0.05) is 13.8 Å². The zero-order valence-corrected chi connectivity index (χ0v) is 17.7. The number of carboxylic acids is 2. The molecule has 0 fully saturated rings. The number of primary amides is 1. The molecular formula is C18H31N5O8. The van der Waals surface area contributed by atoms with E-state index in [2.05, 4.69) is 16.0 Å². The Morgan fingerprint density at radius 3 is 1.81 bits per heavy atom. The van der Waals surface area contributed by atoms with Crippen LogP contribution < -0.4 is 27.4 Å². The summed E-state index contributed by atoms with van der Waals surface area (Å²) in [6, 6.07) is -5.14. The molecule has 0 bridgehead atoms. The van der Waals surface area contributed by atoms with Crippen molar-refractivity contribution in [3.63, 3.8) is 0 Å². The minimum absolute atomic E-state index is 0.0897. The van der Waals surface area contributed by atoms with Gasteiger partial charge in [0.1, 0.15) is 18.1 Å². The molecule has 0 saturated carbocycles. The van der Waals surface area contributed by atoms with Crippen molar-refractivity contribution in [2.24, 2.45) is 17.4 Å². The molecular weight excluding hydrogens is 414 g/mol. The Labute approximate surface area is 179 Å². The first-order valence-electron chi connectivity index (χ1n) is 9.64.